The zero-order valence-corrected chi connectivity index (χ0v) is 9.99. The molecule has 2 aromatic rings. The molecular weight excluding hydrogens is 236 g/mol. The molecule has 3 nitrogen and oxygen atoms in total. The smallest absolute Gasteiger partial charge is 0.339 e. The molecule has 0 aromatic heterocycles. The van der Waals surface area contributed by atoms with Crippen molar-refractivity contribution in [3.8, 4) is 16.9 Å². The first-order valence-corrected chi connectivity index (χ1v) is 6.63. The SMILES string of the molecule is Cc1ccc2c(c1)-c1ccccc1OS2(=O)=O. The highest BCUT2D eigenvalue weighted by Gasteiger charge is 2.28. The van der Waals surface area contributed by atoms with E-state index < -0.39 is 10.1 Å². The largest absolute Gasteiger partial charge is 0.378 e. The third-order valence-corrected chi connectivity index (χ3v) is 4.07. The highest BCUT2D eigenvalue weighted by Crippen LogP contribution is 2.40. The van der Waals surface area contributed by atoms with E-state index in [-0.39, 0.29) is 4.90 Å². The fourth-order valence-corrected chi connectivity index (χ4v) is 3.14. The number of para-hydroxylation sites is 1. The number of rotatable bonds is 0. The number of hydrogen-bond acceptors (Lipinski definition) is 3. The van der Waals surface area contributed by atoms with Gasteiger partial charge in [0.15, 0.2) is 5.75 Å². The molecule has 1 aliphatic heterocycles. The average molecular weight is 246 g/mol. The van der Waals surface area contributed by atoms with Gasteiger partial charge in [-0.1, -0.05) is 29.8 Å². The predicted octanol–water partition coefficient (Wildman–Crippen LogP) is 2.74. The number of hydrogen-bond donors (Lipinski definition) is 0. The van der Waals surface area contributed by atoms with Crippen LogP contribution < -0.4 is 4.18 Å². The Balaban J connectivity index is 2.42. The van der Waals surface area contributed by atoms with Crippen LogP contribution in [0.5, 0.6) is 5.75 Å². The van der Waals surface area contributed by atoms with E-state index >= 15 is 0 Å². The molecule has 0 atom stereocenters. The van der Waals surface area contributed by atoms with Gasteiger partial charge in [-0.3, -0.25) is 0 Å². The summed E-state index contributed by atoms with van der Waals surface area (Å²) in [4.78, 5) is 0.238. The minimum atomic E-state index is -3.67. The van der Waals surface area contributed by atoms with Crippen molar-refractivity contribution in [2.45, 2.75) is 11.8 Å². The molecule has 0 saturated carbocycles. The second-order valence-electron chi connectivity index (χ2n) is 4.03. The second kappa shape index (κ2) is 3.34. The van der Waals surface area contributed by atoms with Crippen molar-refractivity contribution in [3.05, 3.63) is 48.0 Å². The highest BCUT2D eigenvalue weighted by molar-refractivity contribution is 7.87. The Labute approximate surface area is 99.8 Å². The molecule has 0 spiro atoms. The molecule has 0 N–H and O–H groups in total. The van der Waals surface area contributed by atoms with E-state index in [1.165, 1.54) is 0 Å². The molecule has 1 heterocycles. The molecule has 0 radical (unpaired) electrons. The van der Waals surface area contributed by atoms with Gasteiger partial charge < -0.3 is 4.18 Å². The topological polar surface area (TPSA) is 43.4 Å². The van der Waals surface area contributed by atoms with Gasteiger partial charge in [0, 0.05) is 11.1 Å². The average Bonchev–Trinajstić information content (AvgIpc) is 2.28. The van der Waals surface area contributed by atoms with Gasteiger partial charge in [0.05, 0.1) is 0 Å². The van der Waals surface area contributed by atoms with Crippen molar-refractivity contribution in [3.63, 3.8) is 0 Å². The highest BCUT2D eigenvalue weighted by atomic mass is 32.2. The Morgan fingerprint density at radius 3 is 2.59 bits per heavy atom. The molecule has 1 aliphatic rings. The van der Waals surface area contributed by atoms with Crippen LogP contribution in [0, 0.1) is 6.92 Å². The Morgan fingerprint density at radius 1 is 1.00 bits per heavy atom. The Kier molecular flexibility index (Phi) is 2.03. The fraction of sp³-hybridized carbons (Fsp3) is 0.0769. The van der Waals surface area contributed by atoms with Gasteiger partial charge >= 0.3 is 10.1 Å². The number of fused-ring (bicyclic) bond motifs is 3. The van der Waals surface area contributed by atoms with E-state index in [0.717, 1.165) is 11.1 Å². The molecule has 4 heteroatoms. The molecule has 86 valence electrons. The van der Waals surface area contributed by atoms with Crippen LogP contribution in [0.25, 0.3) is 11.1 Å². The first-order chi connectivity index (χ1) is 8.08. The summed E-state index contributed by atoms with van der Waals surface area (Å²) in [5.41, 5.74) is 2.56. The molecule has 0 fully saturated rings. The van der Waals surface area contributed by atoms with Crippen molar-refractivity contribution < 1.29 is 12.6 Å². The monoisotopic (exact) mass is 246 g/mol. The molecule has 0 bridgehead atoms. The summed E-state index contributed by atoms with van der Waals surface area (Å²) >= 11 is 0. The van der Waals surface area contributed by atoms with Crippen molar-refractivity contribution in [1.82, 2.24) is 0 Å². The lowest BCUT2D eigenvalue weighted by atomic mass is 10.0. The van der Waals surface area contributed by atoms with Gasteiger partial charge in [0.2, 0.25) is 0 Å². The lowest BCUT2D eigenvalue weighted by Gasteiger charge is -2.20. The lowest BCUT2D eigenvalue weighted by molar-refractivity contribution is 0.483. The van der Waals surface area contributed by atoms with Gasteiger partial charge in [-0.25, -0.2) is 0 Å². The Hall–Kier alpha value is -1.81. The molecule has 0 saturated heterocycles. The van der Waals surface area contributed by atoms with Crippen LogP contribution in [-0.4, -0.2) is 8.42 Å². The van der Waals surface area contributed by atoms with E-state index in [4.69, 9.17) is 4.18 Å². The fourth-order valence-electron chi connectivity index (χ4n) is 2.00. The summed E-state index contributed by atoms with van der Waals surface area (Å²) in [5, 5.41) is 0. The zero-order chi connectivity index (χ0) is 12.0. The van der Waals surface area contributed by atoms with Crippen molar-refractivity contribution >= 4 is 10.1 Å². The van der Waals surface area contributed by atoms with E-state index in [0.29, 0.717) is 11.3 Å². The molecule has 3 rings (SSSR count). The molecule has 0 amide bonds. The van der Waals surface area contributed by atoms with Gasteiger partial charge in [-0.2, -0.15) is 8.42 Å². The third kappa shape index (κ3) is 1.52. The van der Waals surface area contributed by atoms with Crippen LogP contribution in [0.1, 0.15) is 5.56 Å². The first-order valence-electron chi connectivity index (χ1n) is 5.22. The maximum Gasteiger partial charge on any atom is 0.339 e. The Morgan fingerprint density at radius 2 is 1.76 bits per heavy atom. The van der Waals surface area contributed by atoms with Gasteiger partial charge in [-0.15, -0.1) is 0 Å². The van der Waals surface area contributed by atoms with Crippen LogP contribution in [0.15, 0.2) is 47.4 Å². The lowest BCUT2D eigenvalue weighted by Crippen LogP contribution is -2.15. The maximum absolute atomic E-state index is 11.9. The van der Waals surface area contributed by atoms with Crippen LogP contribution in [0.4, 0.5) is 0 Å². The van der Waals surface area contributed by atoms with E-state index in [2.05, 4.69) is 0 Å². The van der Waals surface area contributed by atoms with Gasteiger partial charge in [0.25, 0.3) is 0 Å². The van der Waals surface area contributed by atoms with E-state index in [1.54, 1.807) is 24.3 Å². The summed E-state index contributed by atoms with van der Waals surface area (Å²) in [5.74, 6) is 0.394. The Bertz CT molecular complexity index is 702. The van der Waals surface area contributed by atoms with Crippen molar-refractivity contribution in [1.29, 1.82) is 0 Å². The first kappa shape index (κ1) is 10.4. The minimum Gasteiger partial charge on any atom is -0.378 e. The molecule has 17 heavy (non-hydrogen) atoms. The summed E-state index contributed by atoms with van der Waals surface area (Å²) in [6, 6.07) is 12.4. The number of aryl methyl sites for hydroxylation is 1. The zero-order valence-electron chi connectivity index (χ0n) is 9.17. The normalized spacial score (nSPS) is 15.6. The van der Waals surface area contributed by atoms with Crippen molar-refractivity contribution in [2.75, 3.05) is 0 Å². The molecular formula is C13H10O3S. The molecule has 0 aliphatic carbocycles. The predicted molar refractivity (Wildman–Crippen MR) is 64.4 cm³/mol. The number of benzene rings is 2. The van der Waals surface area contributed by atoms with E-state index in [1.807, 2.05) is 25.1 Å². The van der Waals surface area contributed by atoms with E-state index in [9.17, 15) is 8.42 Å². The van der Waals surface area contributed by atoms with Gasteiger partial charge in [0.1, 0.15) is 4.90 Å². The molecule has 2 aromatic carbocycles. The standard InChI is InChI=1S/C13H10O3S/c1-9-6-7-13-11(8-9)10-4-2-3-5-12(10)16-17(13,14)15/h2-8H,1H3. The summed E-state index contributed by atoms with van der Waals surface area (Å²) in [6.07, 6.45) is 0. The van der Waals surface area contributed by atoms with Crippen molar-refractivity contribution in [2.24, 2.45) is 0 Å². The minimum absolute atomic E-state index is 0.238. The molecule has 0 unspecified atom stereocenters. The van der Waals surface area contributed by atoms with Crippen LogP contribution in [0.3, 0.4) is 0 Å². The second-order valence-corrected chi connectivity index (χ2v) is 5.55. The third-order valence-electron chi connectivity index (χ3n) is 2.78. The summed E-state index contributed by atoms with van der Waals surface area (Å²) in [6.45, 7) is 1.94. The maximum atomic E-state index is 11.9. The summed E-state index contributed by atoms with van der Waals surface area (Å²) in [7, 11) is -3.67. The van der Waals surface area contributed by atoms with Crippen LogP contribution in [-0.2, 0) is 10.1 Å². The quantitative estimate of drug-likeness (QED) is 0.671. The summed E-state index contributed by atoms with van der Waals surface area (Å²) < 4.78 is 28.9. The van der Waals surface area contributed by atoms with Gasteiger partial charge in [-0.05, 0) is 25.1 Å². The van der Waals surface area contributed by atoms with Crippen LogP contribution >= 0.6 is 0 Å². The van der Waals surface area contributed by atoms with Crippen LogP contribution in [0.2, 0.25) is 0 Å².